The Morgan fingerprint density at radius 1 is 0.477 bits per heavy atom. The van der Waals surface area contributed by atoms with Crippen LogP contribution in [0.1, 0.15) is 0 Å². The number of rotatable bonds is 2. The van der Waals surface area contributed by atoms with E-state index in [1.807, 2.05) is 36.4 Å². The standard InChI is InChI=1S/C40H23N3O/c1-2-10-26-23-35-30(21-25(26)9-1)29-14-7-11-24-12-8-17-34(38(24)29)43(35)40-39(41-32-15-4-5-16-33(32)42-40)27-19-20-37-31(22-27)28-13-3-6-18-36(28)44-37/h1-23H. The first-order valence-electron chi connectivity index (χ1n) is 14.8. The lowest BCUT2D eigenvalue weighted by Gasteiger charge is -2.34. The molecule has 1 aliphatic rings. The fourth-order valence-electron chi connectivity index (χ4n) is 6.93. The molecule has 0 spiro atoms. The van der Waals surface area contributed by atoms with Crippen LogP contribution < -0.4 is 4.90 Å². The Labute approximate surface area is 252 Å². The van der Waals surface area contributed by atoms with Gasteiger partial charge < -0.3 is 4.42 Å². The van der Waals surface area contributed by atoms with Crippen LogP contribution in [0.2, 0.25) is 0 Å². The highest BCUT2D eigenvalue weighted by atomic mass is 16.3. The Kier molecular flexibility index (Phi) is 4.69. The van der Waals surface area contributed by atoms with E-state index >= 15 is 0 Å². The number of nitrogens with zero attached hydrogens (tertiary/aromatic N) is 3. The Morgan fingerprint density at radius 2 is 1.18 bits per heavy atom. The maximum atomic E-state index is 6.18. The van der Waals surface area contributed by atoms with Crippen LogP contribution >= 0.6 is 0 Å². The third kappa shape index (κ3) is 3.28. The molecular weight excluding hydrogens is 538 g/mol. The molecular formula is C40H23N3O. The molecule has 0 N–H and O–H groups in total. The van der Waals surface area contributed by atoms with E-state index in [1.54, 1.807) is 0 Å². The van der Waals surface area contributed by atoms with Crippen molar-refractivity contribution in [1.82, 2.24) is 9.97 Å². The molecule has 7 aromatic carbocycles. The molecule has 204 valence electrons. The van der Waals surface area contributed by atoms with Gasteiger partial charge in [-0.1, -0.05) is 84.9 Å². The van der Waals surface area contributed by atoms with Gasteiger partial charge in [-0.05, 0) is 76.3 Å². The van der Waals surface area contributed by atoms with Crippen molar-refractivity contribution in [1.29, 1.82) is 0 Å². The predicted molar refractivity (Wildman–Crippen MR) is 181 cm³/mol. The maximum Gasteiger partial charge on any atom is 0.165 e. The first-order chi connectivity index (χ1) is 21.8. The smallest absolute Gasteiger partial charge is 0.165 e. The number of hydrogen-bond acceptors (Lipinski definition) is 4. The van der Waals surface area contributed by atoms with Gasteiger partial charge in [-0.3, -0.25) is 4.90 Å². The largest absolute Gasteiger partial charge is 0.456 e. The zero-order valence-electron chi connectivity index (χ0n) is 23.5. The number of furan rings is 1. The van der Waals surface area contributed by atoms with E-state index in [0.29, 0.717) is 0 Å². The SMILES string of the molecule is c1ccc2cc3c(cc2c1)-c1cccc2cccc(c12)N3c1nc2ccccc2nc1-c1ccc2oc3ccccc3c2c1. The average Bonchev–Trinajstić information content (AvgIpc) is 3.45. The number of hydrogen-bond donors (Lipinski definition) is 0. The summed E-state index contributed by atoms with van der Waals surface area (Å²) in [4.78, 5) is 13.0. The summed E-state index contributed by atoms with van der Waals surface area (Å²) in [7, 11) is 0. The van der Waals surface area contributed by atoms with E-state index in [2.05, 4.69) is 108 Å². The number of para-hydroxylation sites is 3. The second-order valence-electron chi connectivity index (χ2n) is 11.4. The molecule has 4 nitrogen and oxygen atoms in total. The van der Waals surface area contributed by atoms with E-state index < -0.39 is 0 Å². The molecule has 0 saturated heterocycles. The minimum atomic E-state index is 0.800. The van der Waals surface area contributed by atoms with Crippen molar-refractivity contribution in [3.8, 4) is 22.4 Å². The van der Waals surface area contributed by atoms with Gasteiger partial charge in [0.1, 0.15) is 16.9 Å². The summed E-state index contributed by atoms with van der Waals surface area (Å²) in [5.74, 6) is 0.800. The molecule has 0 fully saturated rings. The molecule has 3 heterocycles. The molecule has 0 saturated carbocycles. The Balaban J connectivity index is 1.33. The first kappa shape index (κ1) is 23.6. The molecule has 4 heteroatoms. The topological polar surface area (TPSA) is 42.2 Å². The van der Waals surface area contributed by atoms with E-state index in [9.17, 15) is 0 Å². The van der Waals surface area contributed by atoms with Crippen molar-refractivity contribution in [2.75, 3.05) is 4.90 Å². The lowest BCUT2D eigenvalue weighted by atomic mass is 9.89. The van der Waals surface area contributed by atoms with Gasteiger partial charge in [0.25, 0.3) is 0 Å². The van der Waals surface area contributed by atoms with E-state index in [1.165, 1.54) is 32.7 Å². The van der Waals surface area contributed by atoms with Crippen LogP contribution in [0.4, 0.5) is 17.2 Å². The summed E-state index contributed by atoms with van der Waals surface area (Å²) in [5.41, 5.74) is 9.88. The Morgan fingerprint density at radius 3 is 2.07 bits per heavy atom. The quantitative estimate of drug-likeness (QED) is 0.211. The summed E-state index contributed by atoms with van der Waals surface area (Å²) >= 11 is 0. The van der Waals surface area contributed by atoms with Crippen LogP contribution in [0.3, 0.4) is 0 Å². The van der Waals surface area contributed by atoms with Gasteiger partial charge in [-0.15, -0.1) is 0 Å². The van der Waals surface area contributed by atoms with E-state index in [-0.39, 0.29) is 0 Å². The second-order valence-corrected chi connectivity index (χ2v) is 11.4. The van der Waals surface area contributed by atoms with E-state index in [0.717, 1.165) is 61.4 Å². The predicted octanol–water partition coefficient (Wildman–Crippen LogP) is 11.0. The first-order valence-corrected chi connectivity index (χ1v) is 14.8. The third-order valence-corrected chi connectivity index (χ3v) is 8.93. The monoisotopic (exact) mass is 561 g/mol. The number of aromatic nitrogens is 2. The summed E-state index contributed by atoms with van der Waals surface area (Å²) in [6.07, 6.45) is 0. The van der Waals surface area contributed by atoms with Crippen LogP contribution in [0.5, 0.6) is 0 Å². The summed E-state index contributed by atoms with van der Waals surface area (Å²) < 4.78 is 6.18. The molecule has 0 radical (unpaired) electrons. The molecule has 2 aromatic heterocycles. The van der Waals surface area contributed by atoms with Crippen LogP contribution in [-0.2, 0) is 0 Å². The second kappa shape index (κ2) is 8.76. The molecule has 0 bridgehead atoms. The van der Waals surface area contributed by atoms with Crippen molar-refractivity contribution in [3.05, 3.63) is 140 Å². The molecule has 44 heavy (non-hydrogen) atoms. The van der Waals surface area contributed by atoms with Gasteiger partial charge in [0.05, 0.1) is 22.4 Å². The normalized spacial score (nSPS) is 12.5. The van der Waals surface area contributed by atoms with Crippen LogP contribution in [-0.4, -0.2) is 9.97 Å². The summed E-state index contributed by atoms with van der Waals surface area (Å²) in [6.45, 7) is 0. The molecule has 1 aliphatic heterocycles. The van der Waals surface area contributed by atoms with Gasteiger partial charge >= 0.3 is 0 Å². The molecule has 9 aromatic rings. The van der Waals surface area contributed by atoms with Crippen molar-refractivity contribution in [2.45, 2.75) is 0 Å². The Hall–Kier alpha value is -6.00. The number of fused-ring (bicyclic) bond motifs is 7. The van der Waals surface area contributed by atoms with Gasteiger partial charge in [0.15, 0.2) is 5.82 Å². The van der Waals surface area contributed by atoms with E-state index in [4.69, 9.17) is 14.4 Å². The van der Waals surface area contributed by atoms with Crippen LogP contribution in [0.25, 0.3) is 76.9 Å². The highest BCUT2D eigenvalue weighted by molar-refractivity contribution is 6.16. The summed E-state index contributed by atoms with van der Waals surface area (Å²) in [5, 5.41) is 6.97. The molecule has 0 atom stereocenters. The van der Waals surface area contributed by atoms with Crippen molar-refractivity contribution in [2.24, 2.45) is 0 Å². The minimum absolute atomic E-state index is 0.800. The lowest BCUT2D eigenvalue weighted by Crippen LogP contribution is -2.18. The van der Waals surface area contributed by atoms with Gasteiger partial charge in [0.2, 0.25) is 0 Å². The minimum Gasteiger partial charge on any atom is -0.456 e. The van der Waals surface area contributed by atoms with Gasteiger partial charge in [-0.25, -0.2) is 9.97 Å². The molecule has 0 aliphatic carbocycles. The molecule has 10 rings (SSSR count). The summed E-state index contributed by atoms with van der Waals surface area (Å²) in [6, 6.07) is 49.0. The van der Waals surface area contributed by atoms with Crippen LogP contribution in [0.15, 0.2) is 144 Å². The maximum absolute atomic E-state index is 6.18. The zero-order chi connectivity index (χ0) is 28.8. The van der Waals surface area contributed by atoms with Crippen molar-refractivity contribution < 1.29 is 4.42 Å². The fourth-order valence-corrected chi connectivity index (χ4v) is 6.93. The number of anilines is 3. The zero-order valence-corrected chi connectivity index (χ0v) is 23.5. The Bertz CT molecular complexity index is 2630. The molecule has 0 amide bonds. The highest BCUT2D eigenvalue weighted by Gasteiger charge is 2.30. The number of benzene rings is 7. The highest BCUT2D eigenvalue weighted by Crippen LogP contribution is 2.53. The van der Waals surface area contributed by atoms with Crippen LogP contribution in [0, 0.1) is 0 Å². The van der Waals surface area contributed by atoms with Crippen molar-refractivity contribution in [3.63, 3.8) is 0 Å². The fraction of sp³-hybridized carbons (Fsp3) is 0. The van der Waals surface area contributed by atoms with Gasteiger partial charge in [-0.2, -0.15) is 0 Å². The van der Waals surface area contributed by atoms with Gasteiger partial charge in [0, 0.05) is 27.3 Å². The lowest BCUT2D eigenvalue weighted by molar-refractivity contribution is 0.669. The molecule has 0 unspecified atom stereocenters. The average molecular weight is 562 g/mol. The van der Waals surface area contributed by atoms with Crippen molar-refractivity contribution >= 4 is 71.7 Å². The third-order valence-electron chi connectivity index (χ3n) is 8.93.